The van der Waals surface area contributed by atoms with Gasteiger partial charge in [-0.25, -0.2) is 9.18 Å². The molecular weight excluding hydrogens is 189 g/mol. The molecule has 0 aliphatic heterocycles. The Morgan fingerprint density at radius 3 is 2.57 bits per heavy atom. The summed E-state index contributed by atoms with van der Waals surface area (Å²) in [6.07, 6.45) is 0. The average Bonchev–Trinajstić information content (AvgIpc) is 2.16. The summed E-state index contributed by atoms with van der Waals surface area (Å²) in [6, 6.07) is 3.38. The van der Waals surface area contributed by atoms with Gasteiger partial charge in [-0.05, 0) is 25.1 Å². The molecular formula is C9H8FNO3. The standard InChI is InChI=1S/C9H8FNO3/c1-5(11-14)7-3-2-6(9(12)13)4-8(7)10/h2-4,14H,1H3,(H,12,13). The predicted octanol–water partition coefficient (Wildman–Crippen LogP) is 1.72. The van der Waals surface area contributed by atoms with E-state index < -0.39 is 11.8 Å². The fraction of sp³-hybridized carbons (Fsp3) is 0.111. The SMILES string of the molecule is CC(=NO)c1ccc(C(=O)O)cc1F. The van der Waals surface area contributed by atoms with Gasteiger partial charge in [0.05, 0.1) is 11.3 Å². The molecule has 0 heterocycles. The molecule has 0 saturated carbocycles. The number of hydrogen-bond donors (Lipinski definition) is 2. The van der Waals surface area contributed by atoms with Crippen LogP contribution in [0.25, 0.3) is 0 Å². The Bertz CT molecular complexity index is 401. The van der Waals surface area contributed by atoms with Crippen molar-refractivity contribution in [3.8, 4) is 0 Å². The van der Waals surface area contributed by atoms with E-state index in [1.54, 1.807) is 0 Å². The predicted molar refractivity (Wildman–Crippen MR) is 47.4 cm³/mol. The van der Waals surface area contributed by atoms with E-state index in [0.717, 1.165) is 6.07 Å². The van der Waals surface area contributed by atoms with Gasteiger partial charge in [-0.2, -0.15) is 0 Å². The lowest BCUT2D eigenvalue weighted by Crippen LogP contribution is -2.03. The van der Waals surface area contributed by atoms with E-state index in [2.05, 4.69) is 5.16 Å². The van der Waals surface area contributed by atoms with E-state index in [4.69, 9.17) is 10.3 Å². The van der Waals surface area contributed by atoms with Crippen LogP contribution in [0.3, 0.4) is 0 Å². The smallest absolute Gasteiger partial charge is 0.335 e. The number of carbonyl (C=O) groups is 1. The normalized spacial score (nSPS) is 11.4. The molecule has 1 aromatic carbocycles. The minimum absolute atomic E-state index is 0.0810. The number of oxime groups is 1. The largest absolute Gasteiger partial charge is 0.478 e. The number of rotatable bonds is 2. The van der Waals surface area contributed by atoms with Crippen LogP contribution in [0.1, 0.15) is 22.8 Å². The fourth-order valence-corrected chi connectivity index (χ4v) is 0.995. The van der Waals surface area contributed by atoms with Crippen LogP contribution in [0.5, 0.6) is 0 Å². The number of benzene rings is 1. The molecule has 1 rings (SSSR count). The van der Waals surface area contributed by atoms with Gasteiger partial charge >= 0.3 is 5.97 Å². The van der Waals surface area contributed by atoms with Crippen LogP contribution in [0, 0.1) is 5.82 Å². The Labute approximate surface area is 79.3 Å². The molecule has 4 nitrogen and oxygen atoms in total. The van der Waals surface area contributed by atoms with Crippen LogP contribution in [-0.2, 0) is 0 Å². The van der Waals surface area contributed by atoms with E-state index >= 15 is 0 Å². The topological polar surface area (TPSA) is 69.9 Å². The van der Waals surface area contributed by atoms with Gasteiger partial charge in [0.2, 0.25) is 0 Å². The molecule has 0 amide bonds. The van der Waals surface area contributed by atoms with Crippen LogP contribution in [0.4, 0.5) is 4.39 Å². The summed E-state index contributed by atoms with van der Waals surface area (Å²) in [5, 5.41) is 19.8. The minimum atomic E-state index is -1.20. The van der Waals surface area contributed by atoms with Gasteiger partial charge in [-0.1, -0.05) is 5.16 Å². The molecule has 0 bridgehead atoms. The molecule has 2 N–H and O–H groups in total. The molecule has 1 aromatic rings. The lowest BCUT2D eigenvalue weighted by molar-refractivity contribution is 0.0696. The van der Waals surface area contributed by atoms with Crippen molar-refractivity contribution in [3.05, 3.63) is 35.1 Å². The highest BCUT2D eigenvalue weighted by Crippen LogP contribution is 2.11. The number of halogens is 1. The summed E-state index contributed by atoms with van der Waals surface area (Å²) >= 11 is 0. The van der Waals surface area contributed by atoms with Crippen LogP contribution >= 0.6 is 0 Å². The number of carboxylic acid groups (broad SMARTS) is 1. The third-order valence-electron chi connectivity index (χ3n) is 1.76. The van der Waals surface area contributed by atoms with Gasteiger partial charge in [-0.3, -0.25) is 0 Å². The highest BCUT2D eigenvalue weighted by Gasteiger charge is 2.10. The zero-order valence-electron chi connectivity index (χ0n) is 7.36. The van der Waals surface area contributed by atoms with Crippen molar-refractivity contribution in [1.82, 2.24) is 0 Å². The second-order valence-corrected chi connectivity index (χ2v) is 2.69. The Morgan fingerprint density at radius 1 is 1.50 bits per heavy atom. The van der Waals surface area contributed by atoms with Crippen molar-refractivity contribution in [3.63, 3.8) is 0 Å². The second-order valence-electron chi connectivity index (χ2n) is 2.69. The van der Waals surface area contributed by atoms with Crippen molar-refractivity contribution in [2.24, 2.45) is 5.16 Å². The molecule has 0 radical (unpaired) electrons. The maximum atomic E-state index is 13.2. The molecule has 0 saturated heterocycles. The lowest BCUT2D eigenvalue weighted by atomic mass is 10.1. The monoisotopic (exact) mass is 197 g/mol. The Kier molecular flexibility index (Phi) is 2.81. The van der Waals surface area contributed by atoms with E-state index in [1.165, 1.54) is 19.1 Å². The van der Waals surface area contributed by atoms with Crippen molar-refractivity contribution in [1.29, 1.82) is 0 Å². The Hall–Kier alpha value is -1.91. The Balaban J connectivity index is 3.20. The van der Waals surface area contributed by atoms with Crippen molar-refractivity contribution < 1.29 is 19.5 Å². The molecule has 0 aliphatic carbocycles. The van der Waals surface area contributed by atoms with Gasteiger partial charge in [0, 0.05) is 5.56 Å². The first-order valence-electron chi connectivity index (χ1n) is 3.78. The number of carboxylic acids is 1. The highest BCUT2D eigenvalue weighted by molar-refractivity contribution is 5.99. The van der Waals surface area contributed by atoms with E-state index in [0.29, 0.717) is 0 Å². The van der Waals surface area contributed by atoms with E-state index in [9.17, 15) is 9.18 Å². The first-order valence-corrected chi connectivity index (χ1v) is 3.78. The van der Waals surface area contributed by atoms with Gasteiger partial charge in [0.1, 0.15) is 5.82 Å². The van der Waals surface area contributed by atoms with Crippen LogP contribution < -0.4 is 0 Å². The molecule has 74 valence electrons. The van der Waals surface area contributed by atoms with Gasteiger partial charge in [0.25, 0.3) is 0 Å². The summed E-state index contributed by atoms with van der Waals surface area (Å²) in [6.45, 7) is 1.42. The zero-order chi connectivity index (χ0) is 10.7. The third-order valence-corrected chi connectivity index (χ3v) is 1.76. The summed E-state index contributed by atoms with van der Waals surface area (Å²) in [4.78, 5) is 10.5. The van der Waals surface area contributed by atoms with Crippen molar-refractivity contribution in [2.75, 3.05) is 0 Å². The van der Waals surface area contributed by atoms with Crippen molar-refractivity contribution in [2.45, 2.75) is 6.92 Å². The average molecular weight is 197 g/mol. The highest BCUT2D eigenvalue weighted by atomic mass is 19.1. The van der Waals surface area contributed by atoms with Crippen molar-refractivity contribution >= 4 is 11.7 Å². The first kappa shape index (κ1) is 10.2. The molecule has 0 unspecified atom stereocenters. The molecule has 0 spiro atoms. The van der Waals surface area contributed by atoms with Crippen LogP contribution in [0.2, 0.25) is 0 Å². The maximum Gasteiger partial charge on any atom is 0.335 e. The molecule has 0 aliphatic rings. The number of nitrogens with zero attached hydrogens (tertiary/aromatic N) is 1. The second kappa shape index (κ2) is 3.87. The molecule has 0 aromatic heterocycles. The van der Waals surface area contributed by atoms with Gasteiger partial charge in [0.15, 0.2) is 0 Å². The Morgan fingerprint density at radius 2 is 2.14 bits per heavy atom. The summed E-state index contributed by atoms with van der Waals surface area (Å²) in [7, 11) is 0. The third kappa shape index (κ3) is 1.87. The number of hydrogen-bond acceptors (Lipinski definition) is 3. The summed E-state index contributed by atoms with van der Waals surface area (Å²) in [5.41, 5.74) is 0.0360. The van der Waals surface area contributed by atoms with Crippen LogP contribution in [0.15, 0.2) is 23.4 Å². The maximum absolute atomic E-state index is 13.2. The first-order chi connectivity index (χ1) is 6.56. The van der Waals surface area contributed by atoms with E-state index in [-0.39, 0.29) is 16.8 Å². The summed E-state index contributed by atoms with van der Waals surface area (Å²) < 4.78 is 13.2. The minimum Gasteiger partial charge on any atom is -0.478 e. The fourth-order valence-electron chi connectivity index (χ4n) is 0.995. The van der Waals surface area contributed by atoms with E-state index in [1.807, 2.05) is 0 Å². The molecule has 0 fully saturated rings. The zero-order valence-corrected chi connectivity index (χ0v) is 7.36. The van der Waals surface area contributed by atoms with Gasteiger partial charge < -0.3 is 10.3 Å². The quantitative estimate of drug-likeness (QED) is 0.431. The molecule has 5 heteroatoms. The lowest BCUT2D eigenvalue weighted by Gasteiger charge is -2.01. The number of aromatic carboxylic acids is 1. The van der Waals surface area contributed by atoms with Gasteiger partial charge in [-0.15, -0.1) is 0 Å². The van der Waals surface area contributed by atoms with Crippen LogP contribution in [-0.4, -0.2) is 22.0 Å². The molecule has 0 atom stereocenters. The molecule has 14 heavy (non-hydrogen) atoms. The summed E-state index contributed by atoms with van der Waals surface area (Å²) in [5.74, 6) is -1.92.